The van der Waals surface area contributed by atoms with Gasteiger partial charge >= 0.3 is 6.03 Å². The highest BCUT2D eigenvalue weighted by atomic mass is 16.5. The van der Waals surface area contributed by atoms with Gasteiger partial charge in [0.2, 0.25) is 23.6 Å². The Bertz CT molecular complexity index is 2400. The molecule has 3 amide bonds. The summed E-state index contributed by atoms with van der Waals surface area (Å²) in [5.74, 6) is 3.62. The molecule has 0 saturated carbocycles. The summed E-state index contributed by atoms with van der Waals surface area (Å²) in [6.45, 7) is 9.55. The number of ether oxygens (including phenoxy) is 2. The Kier molecular flexibility index (Phi) is 11.1. The monoisotopic (exact) mass is 750 g/mol. The zero-order valence-electron chi connectivity index (χ0n) is 31.6. The third-order valence-corrected chi connectivity index (χ3v) is 9.72. The van der Waals surface area contributed by atoms with E-state index >= 15 is 0 Å². The number of amides is 3. The number of aromatic nitrogens is 4. The molecule has 56 heavy (non-hydrogen) atoms. The first kappa shape index (κ1) is 37.7. The molecule has 1 atom stereocenters. The molecule has 1 aliphatic heterocycles. The van der Waals surface area contributed by atoms with Crippen molar-refractivity contribution in [1.29, 1.82) is 0 Å². The fourth-order valence-corrected chi connectivity index (χ4v) is 6.95. The quantitative estimate of drug-likeness (QED) is 0.0747. The number of H-pyrrole nitrogens is 1. The van der Waals surface area contributed by atoms with Gasteiger partial charge in [-0.1, -0.05) is 47.9 Å². The Balaban J connectivity index is 1.30. The number of aryl methyl sites for hydroxylation is 1. The van der Waals surface area contributed by atoms with Crippen LogP contribution in [-0.2, 0) is 11.2 Å². The molecule has 0 aliphatic carbocycles. The van der Waals surface area contributed by atoms with E-state index in [4.69, 9.17) is 26.6 Å². The molecule has 1 saturated heterocycles. The van der Waals surface area contributed by atoms with E-state index in [1.807, 2.05) is 81.4 Å². The Hall–Kier alpha value is -6.59. The van der Waals surface area contributed by atoms with Crippen LogP contribution < -0.4 is 25.6 Å². The van der Waals surface area contributed by atoms with Crippen LogP contribution in [0.25, 0.3) is 10.8 Å². The fraction of sp³-hybridized carbons (Fsp3) is 0.233. The number of rotatable bonds is 12. The van der Waals surface area contributed by atoms with Crippen molar-refractivity contribution in [3.8, 4) is 24.0 Å². The van der Waals surface area contributed by atoms with Crippen LogP contribution in [0.4, 0.5) is 33.6 Å². The standard InChI is InChI=1S/C43H43N9O4/c1-5-30-24-33(41(44)53)25-32(16-19-51-20-22-55-23-21-51)40(30)49-42-45-17-15-39(48-42)56-37-27-35(26-31-8-6-7-9-36(31)37)52(38-14-18-46-50-38,43(54)47-28(2)3)34-12-10-29(4)11-13-34/h1,6-15,17-18,24-28H,16,19-23H2,2-4H3,(H4-,44,45,46,47,48,49,50,53,54)/p+1. The van der Waals surface area contributed by atoms with Gasteiger partial charge in [0.05, 0.1) is 25.1 Å². The number of urea groups is 1. The summed E-state index contributed by atoms with van der Waals surface area (Å²) in [5.41, 5.74) is 10.2. The molecule has 13 nitrogen and oxygen atoms in total. The van der Waals surface area contributed by atoms with Gasteiger partial charge < -0.3 is 25.8 Å². The minimum Gasteiger partial charge on any atom is -0.438 e. The van der Waals surface area contributed by atoms with Crippen molar-refractivity contribution in [3.05, 3.63) is 120 Å². The van der Waals surface area contributed by atoms with Gasteiger partial charge in [-0.2, -0.15) is 10.1 Å². The molecule has 1 unspecified atom stereocenters. The van der Waals surface area contributed by atoms with Gasteiger partial charge in [0.15, 0.2) is 11.4 Å². The van der Waals surface area contributed by atoms with Gasteiger partial charge in [0.1, 0.15) is 5.75 Å². The summed E-state index contributed by atoms with van der Waals surface area (Å²) in [7, 11) is 0. The number of nitrogens with two attached hydrogens (primary N) is 1. The highest BCUT2D eigenvalue weighted by molar-refractivity contribution is 6.03. The molecule has 13 heteroatoms. The summed E-state index contributed by atoms with van der Waals surface area (Å²) >= 11 is 0. The normalized spacial score (nSPS) is 14.2. The van der Waals surface area contributed by atoms with E-state index in [0.29, 0.717) is 59.4 Å². The van der Waals surface area contributed by atoms with Crippen molar-refractivity contribution in [2.24, 2.45) is 5.73 Å². The second kappa shape index (κ2) is 16.4. The molecule has 0 spiro atoms. The van der Waals surface area contributed by atoms with E-state index in [-0.39, 0.29) is 28.4 Å². The van der Waals surface area contributed by atoms with Gasteiger partial charge in [-0.15, -0.1) is 10.9 Å². The lowest BCUT2D eigenvalue weighted by atomic mass is 9.99. The van der Waals surface area contributed by atoms with E-state index in [2.05, 4.69) is 36.6 Å². The predicted molar refractivity (Wildman–Crippen MR) is 218 cm³/mol. The summed E-state index contributed by atoms with van der Waals surface area (Å²) in [5, 5.41) is 15.5. The van der Waals surface area contributed by atoms with E-state index in [0.717, 1.165) is 41.5 Å². The summed E-state index contributed by atoms with van der Waals surface area (Å²) in [6, 6.07) is 25.9. The molecule has 4 aromatic carbocycles. The number of nitrogens with one attached hydrogen (secondary N) is 3. The Morgan fingerprint density at radius 2 is 1.80 bits per heavy atom. The number of terminal acetylenes is 1. The van der Waals surface area contributed by atoms with E-state index in [1.54, 1.807) is 36.7 Å². The van der Waals surface area contributed by atoms with Crippen molar-refractivity contribution in [3.63, 3.8) is 0 Å². The Labute approximate surface area is 325 Å². The largest absolute Gasteiger partial charge is 0.438 e. The highest BCUT2D eigenvalue weighted by Gasteiger charge is 2.47. The number of hydrogen-bond donors (Lipinski definition) is 4. The van der Waals surface area contributed by atoms with Crippen LogP contribution >= 0.6 is 0 Å². The number of anilines is 2. The zero-order valence-corrected chi connectivity index (χ0v) is 31.6. The van der Waals surface area contributed by atoms with Crippen molar-refractivity contribution in [1.82, 2.24) is 34.9 Å². The highest BCUT2D eigenvalue weighted by Crippen LogP contribution is 2.47. The number of carbonyl (C=O) groups excluding carboxylic acids is 2. The van der Waals surface area contributed by atoms with Gasteiger partial charge in [-0.25, -0.2) is 14.9 Å². The van der Waals surface area contributed by atoms with Crippen LogP contribution in [0.1, 0.15) is 40.9 Å². The number of hydrogen-bond acceptors (Lipinski definition) is 9. The minimum absolute atomic E-state index is 0.154. The molecule has 0 radical (unpaired) electrons. The second-order valence-electron chi connectivity index (χ2n) is 13.9. The number of nitrogens with zero attached hydrogens (tertiary/aromatic N) is 5. The topological polar surface area (TPSA) is 160 Å². The molecule has 0 bridgehead atoms. The first-order valence-electron chi connectivity index (χ1n) is 18.5. The predicted octanol–water partition coefficient (Wildman–Crippen LogP) is 7.24. The average molecular weight is 751 g/mol. The maximum Gasteiger partial charge on any atom is 0.433 e. The van der Waals surface area contributed by atoms with E-state index in [9.17, 15) is 9.59 Å². The van der Waals surface area contributed by atoms with Crippen molar-refractivity contribution < 1.29 is 19.1 Å². The lowest BCUT2D eigenvalue weighted by Crippen LogP contribution is -2.53. The zero-order chi connectivity index (χ0) is 39.2. The molecular weight excluding hydrogens is 707 g/mol. The van der Waals surface area contributed by atoms with Gasteiger partial charge in [0, 0.05) is 84.8 Å². The lowest BCUT2D eigenvalue weighted by Gasteiger charge is -2.33. The molecule has 1 fully saturated rings. The fourth-order valence-electron chi connectivity index (χ4n) is 6.95. The molecule has 284 valence electrons. The third kappa shape index (κ3) is 7.80. The van der Waals surface area contributed by atoms with Crippen molar-refractivity contribution >= 4 is 51.5 Å². The van der Waals surface area contributed by atoms with Crippen LogP contribution in [0.5, 0.6) is 11.6 Å². The van der Waals surface area contributed by atoms with E-state index in [1.165, 1.54) is 0 Å². The molecule has 5 N–H and O–H groups in total. The average Bonchev–Trinajstić information content (AvgIpc) is 3.74. The maximum absolute atomic E-state index is 14.7. The van der Waals surface area contributed by atoms with Crippen molar-refractivity contribution in [2.75, 3.05) is 38.2 Å². The number of fused-ring (bicyclic) bond motifs is 1. The molecule has 2 aromatic heterocycles. The SMILES string of the molecule is C#Cc1cc(C(N)=O)cc(CCN2CCOCC2)c1Nc1nccc(Oc2cc([N+](C(=O)NC(C)C)(c3ccc(C)cc3)c3ccn[nH]3)cc3ccccc23)n1. The summed E-state index contributed by atoms with van der Waals surface area (Å²) in [6.07, 6.45) is 9.79. The Morgan fingerprint density at radius 1 is 1.02 bits per heavy atom. The van der Waals surface area contributed by atoms with Crippen LogP contribution in [0, 0.1) is 19.3 Å². The van der Waals surface area contributed by atoms with E-state index < -0.39 is 5.91 Å². The van der Waals surface area contributed by atoms with Gasteiger partial charge in [-0.3, -0.25) is 9.69 Å². The van der Waals surface area contributed by atoms with Crippen LogP contribution in [-0.4, -0.2) is 75.9 Å². The number of quaternary nitrogens is 1. The summed E-state index contributed by atoms with van der Waals surface area (Å²) in [4.78, 5) is 38.5. The van der Waals surface area contributed by atoms with Gasteiger partial charge in [-0.05, 0) is 50.3 Å². The molecule has 6 aromatic rings. The third-order valence-electron chi connectivity index (χ3n) is 9.72. The van der Waals surface area contributed by atoms with Crippen molar-refractivity contribution in [2.45, 2.75) is 33.2 Å². The lowest BCUT2D eigenvalue weighted by molar-refractivity contribution is 0.0384. The number of primary amides is 1. The number of aromatic amines is 1. The second-order valence-corrected chi connectivity index (χ2v) is 13.9. The number of benzene rings is 4. The first-order chi connectivity index (χ1) is 27.1. The Morgan fingerprint density at radius 3 is 2.52 bits per heavy atom. The molecule has 1 aliphatic rings. The molecule has 7 rings (SSSR count). The molecular formula is C43H44N9O4+. The van der Waals surface area contributed by atoms with Crippen LogP contribution in [0.15, 0.2) is 97.3 Å². The number of carbonyl (C=O) groups is 2. The van der Waals surface area contributed by atoms with Crippen LogP contribution in [0.3, 0.4) is 0 Å². The van der Waals surface area contributed by atoms with Crippen LogP contribution in [0.2, 0.25) is 0 Å². The maximum atomic E-state index is 14.7. The summed E-state index contributed by atoms with van der Waals surface area (Å²) < 4.78 is 11.8. The molecule has 3 heterocycles. The first-order valence-corrected chi connectivity index (χ1v) is 18.5. The van der Waals surface area contributed by atoms with Gasteiger partial charge in [0.25, 0.3) is 0 Å². The smallest absolute Gasteiger partial charge is 0.433 e. The number of morpholine rings is 1. The minimum atomic E-state index is -0.569.